The van der Waals surface area contributed by atoms with Crippen molar-refractivity contribution in [2.45, 2.75) is 45.6 Å². The molecule has 1 unspecified atom stereocenters. The van der Waals surface area contributed by atoms with E-state index in [-0.39, 0.29) is 0 Å². The van der Waals surface area contributed by atoms with Gasteiger partial charge in [-0.05, 0) is 38.5 Å². The van der Waals surface area contributed by atoms with Crippen LogP contribution in [0.1, 0.15) is 51.1 Å². The van der Waals surface area contributed by atoms with Crippen molar-refractivity contribution >= 4 is 0 Å². The number of nitrogens with zero attached hydrogens (tertiary/aromatic N) is 1. The molecule has 0 aliphatic carbocycles. The zero-order chi connectivity index (χ0) is 13.9. The van der Waals surface area contributed by atoms with Crippen LogP contribution in [0.2, 0.25) is 0 Å². The van der Waals surface area contributed by atoms with E-state index >= 15 is 0 Å². The first-order chi connectivity index (χ1) is 9.27. The molecular formula is C17H30N2. The van der Waals surface area contributed by atoms with Crippen LogP contribution in [-0.4, -0.2) is 31.6 Å². The van der Waals surface area contributed by atoms with E-state index in [2.05, 4.69) is 61.4 Å². The number of hydrogen-bond donors (Lipinski definition) is 1. The summed E-state index contributed by atoms with van der Waals surface area (Å²) in [5.74, 6) is 0. The molecule has 19 heavy (non-hydrogen) atoms. The van der Waals surface area contributed by atoms with Gasteiger partial charge in [0.05, 0.1) is 0 Å². The maximum Gasteiger partial charge on any atom is 0.0449 e. The Morgan fingerprint density at radius 1 is 1.05 bits per heavy atom. The largest absolute Gasteiger partial charge is 0.309 e. The monoisotopic (exact) mass is 262 g/mol. The summed E-state index contributed by atoms with van der Waals surface area (Å²) in [4.78, 5) is 2.45. The molecule has 0 aliphatic rings. The fraction of sp³-hybridized carbons (Fsp3) is 0.647. The Kier molecular flexibility index (Phi) is 8.52. The summed E-state index contributed by atoms with van der Waals surface area (Å²) < 4.78 is 0. The van der Waals surface area contributed by atoms with Crippen molar-refractivity contribution in [3.8, 4) is 0 Å². The van der Waals surface area contributed by atoms with Gasteiger partial charge in [-0.15, -0.1) is 0 Å². The molecule has 1 aromatic rings. The average molecular weight is 262 g/mol. The highest BCUT2D eigenvalue weighted by Crippen LogP contribution is 2.14. The van der Waals surface area contributed by atoms with Crippen LogP contribution in [0.3, 0.4) is 0 Å². The Hall–Kier alpha value is -0.860. The van der Waals surface area contributed by atoms with E-state index < -0.39 is 0 Å². The lowest BCUT2D eigenvalue weighted by Crippen LogP contribution is -2.34. The fourth-order valence-electron chi connectivity index (χ4n) is 2.33. The number of hydrogen-bond acceptors (Lipinski definition) is 2. The van der Waals surface area contributed by atoms with Gasteiger partial charge in [0.1, 0.15) is 0 Å². The predicted molar refractivity (Wildman–Crippen MR) is 84.5 cm³/mol. The third-order valence-electron chi connectivity index (χ3n) is 3.48. The number of unbranched alkanes of at least 4 members (excludes halogenated alkanes) is 2. The van der Waals surface area contributed by atoms with E-state index in [9.17, 15) is 0 Å². The fourth-order valence-corrected chi connectivity index (χ4v) is 2.33. The van der Waals surface area contributed by atoms with Crippen LogP contribution >= 0.6 is 0 Å². The van der Waals surface area contributed by atoms with Crippen LogP contribution in [0.15, 0.2) is 30.3 Å². The van der Waals surface area contributed by atoms with Crippen molar-refractivity contribution < 1.29 is 0 Å². The van der Waals surface area contributed by atoms with Crippen LogP contribution in [-0.2, 0) is 0 Å². The van der Waals surface area contributed by atoms with Gasteiger partial charge in [-0.1, -0.05) is 57.0 Å². The molecule has 1 atom stereocenters. The lowest BCUT2D eigenvalue weighted by Gasteiger charge is -2.25. The second kappa shape index (κ2) is 9.99. The van der Waals surface area contributed by atoms with Gasteiger partial charge in [-0.25, -0.2) is 0 Å². The molecule has 0 aromatic heterocycles. The minimum atomic E-state index is 0.452. The Bertz CT molecular complexity index is 310. The third-order valence-corrected chi connectivity index (χ3v) is 3.48. The number of rotatable bonds is 10. The second-order valence-electron chi connectivity index (χ2n) is 5.39. The molecule has 1 aromatic carbocycles. The molecule has 0 radical (unpaired) electrons. The maximum atomic E-state index is 3.67. The van der Waals surface area contributed by atoms with Gasteiger partial charge in [-0.3, -0.25) is 0 Å². The molecule has 0 amide bonds. The summed E-state index contributed by atoms with van der Waals surface area (Å²) in [6.45, 7) is 7.86. The summed E-state index contributed by atoms with van der Waals surface area (Å²) in [5.41, 5.74) is 1.40. The number of benzene rings is 1. The van der Waals surface area contributed by atoms with Crippen LogP contribution in [0.5, 0.6) is 0 Å². The SMILES string of the molecule is CCCCCN(C)CC(NCCC)c1ccccc1. The zero-order valence-electron chi connectivity index (χ0n) is 12.9. The minimum Gasteiger partial charge on any atom is -0.309 e. The summed E-state index contributed by atoms with van der Waals surface area (Å²) in [5, 5.41) is 3.67. The predicted octanol–water partition coefficient (Wildman–Crippen LogP) is 3.85. The Morgan fingerprint density at radius 3 is 2.42 bits per heavy atom. The van der Waals surface area contributed by atoms with Crippen LogP contribution in [0.4, 0.5) is 0 Å². The van der Waals surface area contributed by atoms with Crippen molar-refractivity contribution in [2.75, 3.05) is 26.7 Å². The first kappa shape index (κ1) is 16.2. The molecule has 2 heteroatoms. The van der Waals surface area contributed by atoms with Crippen molar-refractivity contribution in [1.82, 2.24) is 10.2 Å². The van der Waals surface area contributed by atoms with Gasteiger partial charge in [0.2, 0.25) is 0 Å². The maximum absolute atomic E-state index is 3.67. The van der Waals surface area contributed by atoms with Gasteiger partial charge in [0.25, 0.3) is 0 Å². The van der Waals surface area contributed by atoms with Crippen molar-refractivity contribution in [3.05, 3.63) is 35.9 Å². The van der Waals surface area contributed by atoms with Gasteiger partial charge in [0.15, 0.2) is 0 Å². The molecule has 0 saturated heterocycles. The summed E-state index contributed by atoms with van der Waals surface area (Å²) in [7, 11) is 2.24. The summed E-state index contributed by atoms with van der Waals surface area (Å²) in [6, 6.07) is 11.3. The zero-order valence-corrected chi connectivity index (χ0v) is 12.9. The Labute approximate surface area is 119 Å². The quantitative estimate of drug-likeness (QED) is 0.644. The topological polar surface area (TPSA) is 15.3 Å². The molecule has 108 valence electrons. The molecule has 0 spiro atoms. The molecule has 0 heterocycles. The first-order valence-corrected chi connectivity index (χ1v) is 7.74. The van der Waals surface area contributed by atoms with Gasteiger partial charge >= 0.3 is 0 Å². The molecule has 1 N–H and O–H groups in total. The number of nitrogens with one attached hydrogen (secondary N) is 1. The second-order valence-corrected chi connectivity index (χ2v) is 5.39. The van der Waals surface area contributed by atoms with Crippen LogP contribution < -0.4 is 5.32 Å². The van der Waals surface area contributed by atoms with Crippen LogP contribution in [0, 0.1) is 0 Å². The van der Waals surface area contributed by atoms with Crippen molar-refractivity contribution in [2.24, 2.45) is 0 Å². The molecule has 0 saturated carbocycles. The van der Waals surface area contributed by atoms with Crippen molar-refractivity contribution in [3.63, 3.8) is 0 Å². The standard InChI is InChI=1S/C17H30N2/c1-4-6-10-14-19(3)15-17(18-13-5-2)16-11-8-7-9-12-16/h7-9,11-12,17-18H,4-6,10,13-15H2,1-3H3. The van der Waals surface area contributed by atoms with E-state index in [1.54, 1.807) is 0 Å². The molecule has 1 rings (SSSR count). The highest BCUT2D eigenvalue weighted by Gasteiger charge is 2.12. The Balaban J connectivity index is 2.49. The minimum absolute atomic E-state index is 0.452. The normalized spacial score (nSPS) is 12.8. The highest BCUT2D eigenvalue weighted by molar-refractivity contribution is 5.19. The van der Waals surface area contributed by atoms with Crippen molar-refractivity contribution in [1.29, 1.82) is 0 Å². The van der Waals surface area contributed by atoms with E-state index in [0.29, 0.717) is 6.04 Å². The lowest BCUT2D eigenvalue weighted by molar-refractivity contribution is 0.284. The van der Waals surface area contributed by atoms with Gasteiger partial charge in [-0.2, -0.15) is 0 Å². The summed E-state index contributed by atoms with van der Waals surface area (Å²) >= 11 is 0. The molecular weight excluding hydrogens is 232 g/mol. The molecule has 0 bridgehead atoms. The van der Waals surface area contributed by atoms with E-state index in [4.69, 9.17) is 0 Å². The highest BCUT2D eigenvalue weighted by atomic mass is 15.1. The third kappa shape index (κ3) is 6.74. The molecule has 0 fully saturated rings. The van der Waals surface area contributed by atoms with Gasteiger partial charge in [0, 0.05) is 12.6 Å². The Morgan fingerprint density at radius 2 is 1.79 bits per heavy atom. The van der Waals surface area contributed by atoms with E-state index in [1.807, 2.05) is 0 Å². The van der Waals surface area contributed by atoms with E-state index in [0.717, 1.165) is 13.1 Å². The number of likely N-dealkylation sites (N-methyl/N-ethyl adjacent to an activating group) is 1. The lowest BCUT2D eigenvalue weighted by atomic mass is 10.1. The molecule has 0 aliphatic heterocycles. The van der Waals surface area contributed by atoms with E-state index in [1.165, 1.54) is 37.8 Å². The summed E-state index contributed by atoms with van der Waals surface area (Å²) in [6.07, 6.45) is 5.12. The molecule has 2 nitrogen and oxygen atoms in total. The average Bonchev–Trinajstić information content (AvgIpc) is 2.44. The first-order valence-electron chi connectivity index (χ1n) is 7.74. The smallest absolute Gasteiger partial charge is 0.0449 e. The van der Waals surface area contributed by atoms with Crippen LogP contribution in [0.25, 0.3) is 0 Å². The van der Waals surface area contributed by atoms with Gasteiger partial charge < -0.3 is 10.2 Å².